The fourth-order valence-corrected chi connectivity index (χ4v) is 1.86. The average Bonchev–Trinajstić information content (AvgIpc) is 2.36. The van der Waals surface area contributed by atoms with Gasteiger partial charge in [0, 0.05) is 12.3 Å². The molecular weight excluding hydrogens is 148 g/mol. The van der Waals surface area contributed by atoms with Crippen molar-refractivity contribution < 1.29 is 4.79 Å². The molecule has 68 valence electrons. The van der Waals surface area contributed by atoms with Gasteiger partial charge in [0.2, 0.25) is 0 Å². The first-order valence-corrected chi connectivity index (χ1v) is 4.84. The van der Waals surface area contributed by atoms with Crippen LogP contribution in [0.1, 0.15) is 39.5 Å². The monoisotopic (exact) mass is 166 g/mol. The molecule has 12 heavy (non-hydrogen) atoms. The number of rotatable bonds is 3. The van der Waals surface area contributed by atoms with Gasteiger partial charge in [-0.2, -0.15) is 0 Å². The minimum atomic E-state index is 0.285. The van der Waals surface area contributed by atoms with Crippen LogP contribution in [0.5, 0.6) is 0 Å². The van der Waals surface area contributed by atoms with Crippen LogP contribution < -0.4 is 0 Å². The van der Waals surface area contributed by atoms with Crippen LogP contribution in [0.3, 0.4) is 0 Å². The van der Waals surface area contributed by atoms with Crippen LogP contribution in [0.2, 0.25) is 0 Å². The zero-order chi connectivity index (χ0) is 9.14. The number of hydrogen-bond acceptors (Lipinski definition) is 1. The first-order chi connectivity index (χ1) is 5.65. The number of Topliss-reactive ketones (excluding diaryl/α,β-unsaturated/α-hetero) is 1. The van der Waals surface area contributed by atoms with Crippen molar-refractivity contribution in [1.29, 1.82) is 0 Å². The lowest BCUT2D eigenvalue weighted by atomic mass is 9.90. The predicted octanol–water partition coefficient (Wildman–Crippen LogP) is 2.96. The molecule has 2 unspecified atom stereocenters. The Labute approximate surface area is 74.9 Å². The Morgan fingerprint density at radius 1 is 1.67 bits per heavy atom. The van der Waals surface area contributed by atoms with E-state index in [2.05, 4.69) is 20.4 Å². The summed E-state index contributed by atoms with van der Waals surface area (Å²) in [5.41, 5.74) is 1.29. The average molecular weight is 166 g/mol. The molecule has 1 heteroatoms. The van der Waals surface area contributed by atoms with E-state index < -0.39 is 0 Å². The molecule has 0 heterocycles. The molecule has 0 bridgehead atoms. The molecule has 0 amide bonds. The molecule has 0 aromatic rings. The minimum Gasteiger partial charge on any atom is -0.299 e. The summed E-state index contributed by atoms with van der Waals surface area (Å²) in [7, 11) is 0. The molecule has 0 N–H and O–H groups in total. The molecule has 1 aliphatic rings. The van der Waals surface area contributed by atoms with E-state index in [4.69, 9.17) is 0 Å². The molecular formula is C11H18O. The third-order valence-electron chi connectivity index (χ3n) is 3.03. The number of hydrogen-bond donors (Lipinski definition) is 0. The molecule has 0 aliphatic heterocycles. The van der Waals surface area contributed by atoms with Crippen molar-refractivity contribution in [3.8, 4) is 0 Å². The van der Waals surface area contributed by atoms with Gasteiger partial charge in [0.05, 0.1) is 0 Å². The lowest BCUT2D eigenvalue weighted by molar-refractivity contribution is -0.120. The molecule has 0 saturated heterocycles. The molecule has 0 aromatic carbocycles. The van der Waals surface area contributed by atoms with Gasteiger partial charge in [-0.15, -0.1) is 0 Å². The van der Waals surface area contributed by atoms with Crippen molar-refractivity contribution in [3.05, 3.63) is 12.2 Å². The van der Waals surface area contributed by atoms with Crippen molar-refractivity contribution in [2.45, 2.75) is 39.5 Å². The molecule has 1 aliphatic carbocycles. The van der Waals surface area contributed by atoms with Crippen molar-refractivity contribution in [3.63, 3.8) is 0 Å². The Hall–Kier alpha value is -0.590. The SMILES string of the molecule is C=C(CC)CC1CCC(=O)C1C. The third kappa shape index (κ3) is 1.96. The zero-order valence-electron chi connectivity index (χ0n) is 8.10. The highest BCUT2D eigenvalue weighted by atomic mass is 16.1. The second kappa shape index (κ2) is 3.88. The van der Waals surface area contributed by atoms with E-state index in [9.17, 15) is 4.79 Å². The van der Waals surface area contributed by atoms with Gasteiger partial charge in [-0.25, -0.2) is 0 Å². The summed E-state index contributed by atoms with van der Waals surface area (Å²) >= 11 is 0. The van der Waals surface area contributed by atoms with E-state index in [-0.39, 0.29) is 5.92 Å². The maximum Gasteiger partial charge on any atom is 0.135 e. The summed E-state index contributed by atoms with van der Waals surface area (Å²) in [5, 5.41) is 0. The summed E-state index contributed by atoms with van der Waals surface area (Å²) in [6.45, 7) is 8.17. The topological polar surface area (TPSA) is 17.1 Å². The lowest BCUT2D eigenvalue weighted by Gasteiger charge is -2.14. The van der Waals surface area contributed by atoms with Crippen LogP contribution in [-0.2, 0) is 4.79 Å². The summed E-state index contributed by atoms with van der Waals surface area (Å²) in [6, 6.07) is 0. The summed E-state index contributed by atoms with van der Waals surface area (Å²) in [4.78, 5) is 11.2. The highest BCUT2D eigenvalue weighted by Gasteiger charge is 2.30. The van der Waals surface area contributed by atoms with E-state index in [1.165, 1.54) is 5.57 Å². The molecule has 1 nitrogen and oxygen atoms in total. The molecule has 0 spiro atoms. The number of carbonyl (C=O) groups is 1. The van der Waals surface area contributed by atoms with E-state index in [0.717, 1.165) is 25.7 Å². The number of ketones is 1. The van der Waals surface area contributed by atoms with Crippen molar-refractivity contribution >= 4 is 5.78 Å². The summed E-state index contributed by atoms with van der Waals surface area (Å²) in [5.74, 6) is 1.32. The van der Waals surface area contributed by atoms with Crippen molar-refractivity contribution in [2.24, 2.45) is 11.8 Å². The van der Waals surface area contributed by atoms with Crippen molar-refractivity contribution in [2.75, 3.05) is 0 Å². The van der Waals surface area contributed by atoms with Gasteiger partial charge in [0.15, 0.2) is 0 Å². The van der Waals surface area contributed by atoms with Crippen LogP contribution in [0, 0.1) is 11.8 Å². The van der Waals surface area contributed by atoms with Gasteiger partial charge in [0.1, 0.15) is 5.78 Å². The molecule has 1 fully saturated rings. The van der Waals surface area contributed by atoms with E-state index >= 15 is 0 Å². The summed E-state index contributed by atoms with van der Waals surface area (Å²) in [6.07, 6.45) is 3.99. The largest absolute Gasteiger partial charge is 0.299 e. The Bertz CT molecular complexity index is 193. The first kappa shape index (κ1) is 9.50. The molecule has 2 atom stereocenters. The number of carbonyl (C=O) groups excluding carboxylic acids is 1. The maximum absolute atomic E-state index is 11.2. The van der Waals surface area contributed by atoms with Crippen LogP contribution in [0.4, 0.5) is 0 Å². The van der Waals surface area contributed by atoms with Gasteiger partial charge in [-0.1, -0.05) is 26.0 Å². The minimum absolute atomic E-state index is 0.285. The highest BCUT2D eigenvalue weighted by Crippen LogP contribution is 2.33. The first-order valence-electron chi connectivity index (χ1n) is 4.84. The quantitative estimate of drug-likeness (QED) is 0.589. The second-order valence-corrected chi connectivity index (χ2v) is 3.86. The molecule has 1 saturated carbocycles. The molecule has 0 radical (unpaired) electrons. The Kier molecular flexibility index (Phi) is 3.07. The predicted molar refractivity (Wildman–Crippen MR) is 50.9 cm³/mol. The summed E-state index contributed by atoms with van der Waals surface area (Å²) < 4.78 is 0. The van der Waals surface area contributed by atoms with Gasteiger partial charge in [-0.3, -0.25) is 4.79 Å². The Morgan fingerprint density at radius 3 is 2.75 bits per heavy atom. The number of allylic oxidation sites excluding steroid dienone is 1. The van der Waals surface area contributed by atoms with E-state index in [0.29, 0.717) is 11.7 Å². The standard InChI is InChI=1S/C11H18O/c1-4-8(2)7-10-5-6-11(12)9(10)3/h9-10H,2,4-7H2,1,3H3. The normalized spacial score (nSPS) is 29.3. The van der Waals surface area contributed by atoms with E-state index in [1.54, 1.807) is 0 Å². The molecule has 0 aromatic heterocycles. The van der Waals surface area contributed by atoms with Crippen LogP contribution >= 0.6 is 0 Å². The van der Waals surface area contributed by atoms with Crippen molar-refractivity contribution in [1.82, 2.24) is 0 Å². The van der Waals surface area contributed by atoms with Crippen LogP contribution in [0.15, 0.2) is 12.2 Å². The van der Waals surface area contributed by atoms with Gasteiger partial charge < -0.3 is 0 Å². The lowest BCUT2D eigenvalue weighted by Crippen LogP contribution is -2.10. The second-order valence-electron chi connectivity index (χ2n) is 3.86. The fourth-order valence-electron chi connectivity index (χ4n) is 1.86. The Morgan fingerprint density at radius 2 is 2.33 bits per heavy atom. The molecule has 1 rings (SSSR count). The maximum atomic E-state index is 11.2. The van der Waals surface area contributed by atoms with Gasteiger partial charge >= 0.3 is 0 Å². The van der Waals surface area contributed by atoms with Gasteiger partial charge in [0.25, 0.3) is 0 Å². The van der Waals surface area contributed by atoms with Crippen LogP contribution in [-0.4, -0.2) is 5.78 Å². The smallest absolute Gasteiger partial charge is 0.135 e. The van der Waals surface area contributed by atoms with E-state index in [1.807, 2.05) is 0 Å². The Balaban J connectivity index is 2.44. The third-order valence-corrected chi connectivity index (χ3v) is 3.03. The highest BCUT2D eigenvalue weighted by molar-refractivity contribution is 5.83. The zero-order valence-corrected chi connectivity index (χ0v) is 8.10. The van der Waals surface area contributed by atoms with Gasteiger partial charge in [-0.05, 0) is 25.2 Å². The fraction of sp³-hybridized carbons (Fsp3) is 0.727. The van der Waals surface area contributed by atoms with Crippen LogP contribution in [0.25, 0.3) is 0 Å².